The molecule has 1 saturated heterocycles. The first-order valence-corrected chi connectivity index (χ1v) is 9.55. The van der Waals surface area contributed by atoms with Crippen molar-refractivity contribution < 1.29 is 19.1 Å². The summed E-state index contributed by atoms with van der Waals surface area (Å²) in [5.41, 5.74) is 1.65. The number of hydrogen-bond donors (Lipinski definition) is 0. The summed E-state index contributed by atoms with van der Waals surface area (Å²) < 4.78 is 10.3. The second-order valence-electron chi connectivity index (χ2n) is 5.84. The van der Waals surface area contributed by atoms with Gasteiger partial charge in [0.2, 0.25) is 5.91 Å². The summed E-state index contributed by atoms with van der Waals surface area (Å²) in [7, 11) is 1.54. The molecule has 138 valence electrons. The lowest BCUT2D eigenvalue weighted by Crippen LogP contribution is -2.45. The highest BCUT2D eigenvalue weighted by molar-refractivity contribution is 8.14. The number of benzene rings is 1. The topological polar surface area (TPSA) is 68.2 Å². The Hall–Kier alpha value is -1.83. The van der Waals surface area contributed by atoms with Gasteiger partial charge in [0, 0.05) is 24.3 Å². The maximum atomic E-state index is 12.8. The quantitative estimate of drug-likeness (QED) is 0.566. The van der Waals surface area contributed by atoms with E-state index in [1.165, 1.54) is 18.9 Å². The average Bonchev–Trinajstić information content (AvgIpc) is 2.61. The molecule has 0 unspecified atom stereocenters. The van der Waals surface area contributed by atoms with Crippen LogP contribution in [0, 0.1) is 0 Å². The molecule has 0 aromatic heterocycles. The predicted octanol–water partition coefficient (Wildman–Crippen LogP) is 3.18. The van der Waals surface area contributed by atoms with E-state index in [9.17, 15) is 9.59 Å². The number of allylic oxidation sites excluding steroid dienone is 1. The fourth-order valence-electron chi connectivity index (χ4n) is 2.94. The predicted molar refractivity (Wildman–Crippen MR) is 101 cm³/mol. The third-order valence-corrected chi connectivity index (χ3v) is 5.30. The molecule has 2 heterocycles. The molecule has 0 radical (unpaired) electrons. The smallest absolute Gasteiger partial charge is 0.338 e. The maximum absolute atomic E-state index is 12.8. The van der Waals surface area contributed by atoms with E-state index in [0.717, 1.165) is 5.56 Å². The van der Waals surface area contributed by atoms with Gasteiger partial charge in [-0.1, -0.05) is 35.5 Å². The van der Waals surface area contributed by atoms with Crippen molar-refractivity contribution in [3.8, 4) is 0 Å². The first kappa shape index (κ1) is 18.9. The standard InChI is InChI=1S/C18H19ClN2O4S/c1-11-15(17(23)25-8-7-24-2)16(12-4-3-5-13(19)10-12)21-14(22)6-9-26-18(21)20-11/h3-5,10,16H,6-9H2,1-2H3/t16-/m0/s1. The highest BCUT2D eigenvalue weighted by atomic mass is 35.5. The maximum Gasteiger partial charge on any atom is 0.338 e. The molecule has 2 aliphatic rings. The second kappa shape index (κ2) is 8.24. The Morgan fingerprint density at radius 2 is 2.23 bits per heavy atom. The van der Waals surface area contributed by atoms with E-state index >= 15 is 0 Å². The van der Waals surface area contributed by atoms with E-state index in [-0.39, 0.29) is 12.5 Å². The van der Waals surface area contributed by atoms with Crippen molar-refractivity contribution in [2.24, 2.45) is 4.99 Å². The summed E-state index contributed by atoms with van der Waals surface area (Å²) in [6.45, 7) is 2.19. The number of aliphatic imine (C=N–C) groups is 1. The molecule has 1 atom stereocenters. The van der Waals surface area contributed by atoms with Crippen LogP contribution in [0.15, 0.2) is 40.5 Å². The normalized spacial score (nSPS) is 20.0. The fourth-order valence-corrected chi connectivity index (χ4v) is 4.15. The summed E-state index contributed by atoms with van der Waals surface area (Å²) in [5, 5.41) is 1.14. The Morgan fingerprint density at radius 3 is 2.96 bits per heavy atom. The minimum atomic E-state index is -0.600. The summed E-state index contributed by atoms with van der Waals surface area (Å²) >= 11 is 7.66. The van der Waals surface area contributed by atoms with Crippen LogP contribution in [0.4, 0.5) is 0 Å². The lowest BCUT2D eigenvalue weighted by atomic mass is 9.94. The van der Waals surface area contributed by atoms with Gasteiger partial charge in [-0.2, -0.15) is 0 Å². The van der Waals surface area contributed by atoms with Crippen molar-refractivity contribution in [3.05, 3.63) is 46.1 Å². The van der Waals surface area contributed by atoms with Gasteiger partial charge in [-0.05, 0) is 24.6 Å². The first-order chi connectivity index (χ1) is 12.5. The lowest BCUT2D eigenvalue weighted by Gasteiger charge is -2.38. The largest absolute Gasteiger partial charge is 0.460 e. The van der Waals surface area contributed by atoms with Crippen LogP contribution in [0.5, 0.6) is 0 Å². The zero-order valence-electron chi connectivity index (χ0n) is 14.5. The third-order valence-electron chi connectivity index (χ3n) is 4.11. The highest BCUT2D eigenvalue weighted by Crippen LogP contribution is 2.40. The molecule has 1 aromatic rings. The number of amidine groups is 1. The van der Waals surface area contributed by atoms with E-state index in [1.54, 1.807) is 30.0 Å². The molecule has 0 spiro atoms. The van der Waals surface area contributed by atoms with Crippen molar-refractivity contribution in [3.63, 3.8) is 0 Å². The van der Waals surface area contributed by atoms with Gasteiger partial charge in [-0.25, -0.2) is 9.79 Å². The van der Waals surface area contributed by atoms with Gasteiger partial charge in [0.05, 0.1) is 23.9 Å². The van der Waals surface area contributed by atoms with Gasteiger partial charge < -0.3 is 9.47 Å². The molecule has 2 aliphatic heterocycles. The first-order valence-electron chi connectivity index (χ1n) is 8.18. The molecule has 0 aliphatic carbocycles. The Kier molecular flexibility index (Phi) is 6.01. The average molecular weight is 395 g/mol. The van der Waals surface area contributed by atoms with Crippen molar-refractivity contribution in [1.29, 1.82) is 0 Å². The molecular formula is C18H19ClN2O4S. The molecule has 3 rings (SSSR count). The van der Waals surface area contributed by atoms with Crippen molar-refractivity contribution in [1.82, 2.24) is 4.90 Å². The van der Waals surface area contributed by atoms with Crippen LogP contribution < -0.4 is 0 Å². The van der Waals surface area contributed by atoms with Crippen LogP contribution in [0.25, 0.3) is 0 Å². The molecule has 0 saturated carbocycles. The summed E-state index contributed by atoms with van der Waals surface area (Å²) in [4.78, 5) is 31.5. The van der Waals surface area contributed by atoms with Crippen LogP contribution >= 0.6 is 23.4 Å². The Balaban J connectivity index is 2.05. The van der Waals surface area contributed by atoms with E-state index in [0.29, 0.717) is 40.2 Å². The fraction of sp³-hybridized carbons (Fsp3) is 0.389. The van der Waals surface area contributed by atoms with E-state index in [4.69, 9.17) is 21.1 Å². The van der Waals surface area contributed by atoms with Crippen molar-refractivity contribution >= 4 is 40.4 Å². The minimum Gasteiger partial charge on any atom is -0.460 e. The number of carbonyl (C=O) groups is 2. The number of amides is 1. The van der Waals surface area contributed by atoms with Crippen molar-refractivity contribution in [2.75, 3.05) is 26.1 Å². The number of carbonyl (C=O) groups excluding carboxylic acids is 2. The van der Waals surface area contributed by atoms with Crippen LogP contribution in [0.1, 0.15) is 24.9 Å². The number of halogens is 1. The van der Waals surface area contributed by atoms with Crippen LogP contribution in [-0.4, -0.2) is 48.0 Å². The Labute approximate surface area is 161 Å². The van der Waals surface area contributed by atoms with Crippen LogP contribution in [-0.2, 0) is 19.1 Å². The number of methoxy groups -OCH3 is 1. The number of thioether (sulfide) groups is 1. The number of nitrogens with zero attached hydrogens (tertiary/aromatic N) is 2. The van der Waals surface area contributed by atoms with Crippen molar-refractivity contribution in [2.45, 2.75) is 19.4 Å². The Morgan fingerprint density at radius 1 is 1.42 bits per heavy atom. The molecule has 1 aromatic carbocycles. The number of hydrogen-bond acceptors (Lipinski definition) is 6. The monoisotopic (exact) mass is 394 g/mol. The van der Waals surface area contributed by atoms with E-state index < -0.39 is 12.0 Å². The SMILES string of the molecule is COCCOC(=O)C1=C(C)N=C2SCCC(=O)N2[C@H]1c1cccc(Cl)c1. The van der Waals surface area contributed by atoms with Gasteiger partial charge >= 0.3 is 5.97 Å². The summed E-state index contributed by atoms with van der Waals surface area (Å²) in [5.74, 6) is 0.106. The summed E-state index contributed by atoms with van der Waals surface area (Å²) in [6, 6.07) is 6.56. The van der Waals surface area contributed by atoms with E-state index in [1.807, 2.05) is 6.07 Å². The van der Waals surface area contributed by atoms with Crippen LogP contribution in [0.2, 0.25) is 5.02 Å². The van der Waals surface area contributed by atoms with E-state index in [2.05, 4.69) is 4.99 Å². The minimum absolute atomic E-state index is 0.0674. The van der Waals surface area contributed by atoms with Gasteiger partial charge in [0.1, 0.15) is 6.61 Å². The molecule has 1 amide bonds. The second-order valence-corrected chi connectivity index (χ2v) is 7.34. The Bertz CT molecular complexity index is 793. The number of fused-ring (bicyclic) bond motifs is 1. The molecular weight excluding hydrogens is 376 g/mol. The molecule has 8 heteroatoms. The van der Waals surface area contributed by atoms with Gasteiger partial charge in [0.15, 0.2) is 5.17 Å². The van der Waals surface area contributed by atoms with Gasteiger partial charge in [-0.3, -0.25) is 9.69 Å². The number of rotatable bonds is 5. The number of ether oxygens (including phenoxy) is 2. The molecule has 0 N–H and O–H groups in total. The number of esters is 1. The summed E-state index contributed by atoms with van der Waals surface area (Å²) in [6.07, 6.45) is 0.395. The third kappa shape index (κ3) is 3.79. The highest BCUT2D eigenvalue weighted by Gasteiger charge is 2.41. The molecule has 6 nitrogen and oxygen atoms in total. The zero-order valence-corrected chi connectivity index (χ0v) is 16.1. The van der Waals surface area contributed by atoms with Gasteiger partial charge in [-0.15, -0.1) is 0 Å². The molecule has 26 heavy (non-hydrogen) atoms. The lowest BCUT2D eigenvalue weighted by molar-refractivity contribution is -0.141. The van der Waals surface area contributed by atoms with Gasteiger partial charge in [0.25, 0.3) is 0 Å². The molecule has 1 fully saturated rings. The van der Waals surface area contributed by atoms with Crippen LogP contribution in [0.3, 0.4) is 0 Å². The zero-order chi connectivity index (χ0) is 18.7. The molecule has 0 bridgehead atoms.